The lowest BCUT2D eigenvalue weighted by Gasteiger charge is -2.18. The van der Waals surface area contributed by atoms with Crippen LogP contribution in [0, 0.1) is 0 Å². The lowest BCUT2D eigenvalue weighted by Crippen LogP contribution is -2.39. The second-order valence-electron chi connectivity index (χ2n) is 7.58. The zero-order valence-corrected chi connectivity index (χ0v) is 17.5. The summed E-state index contributed by atoms with van der Waals surface area (Å²) in [5.74, 6) is 0.0603. The van der Waals surface area contributed by atoms with Crippen molar-refractivity contribution < 1.29 is 4.79 Å². The highest BCUT2D eigenvalue weighted by molar-refractivity contribution is 5.78. The summed E-state index contributed by atoms with van der Waals surface area (Å²) in [7, 11) is 1.97. The number of nitrogens with one attached hydrogen (secondary N) is 1. The van der Waals surface area contributed by atoms with Gasteiger partial charge < -0.3 is 5.32 Å². The first-order valence-electron chi connectivity index (χ1n) is 10.2. The fourth-order valence-corrected chi connectivity index (χ4v) is 3.49. The molecule has 0 aliphatic heterocycles. The largest absolute Gasteiger partial charge is 0.353 e. The molecule has 2 aromatic carbocycles. The molecule has 0 saturated heterocycles. The molecule has 0 aliphatic rings. The number of para-hydroxylation sites is 1. The van der Waals surface area contributed by atoms with Gasteiger partial charge >= 0.3 is 0 Å². The zero-order valence-electron chi connectivity index (χ0n) is 17.5. The Labute approximate surface area is 173 Å². The summed E-state index contributed by atoms with van der Waals surface area (Å²) in [5.41, 5.74) is 4.13. The van der Waals surface area contributed by atoms with Crippen LogP contribution in [0.2, 0.25) is 0 Å². The predicted molar refractivity (Wildman–Crippen MR) is 118 cm³/mol. The summed E-state index contributed by atoms with van der Waals surface area (Å²) in [6.07, 6.45) is 4.12. The van der Waals surface area contributed by atoms with Crippen LogP contribution in [-0.2, 0) is 11.3 Å². The average molecular weight is 391 g/mol. The first-order valence-corrected chi connectivity index (χ1v) is 10.2. The van der Waals surface area contributed by atoms with Gasteiger partial charge in [0.05, 0.1) is 17.9 Å². The smallest absolute Gasteiger partial charge is 0.234 e. The lowest BCUT2D eigenvalue weighted by atomic mass is 10.1. The van der Waals surface area contributed by atoms with Crippen LogP contribution >= 0.6 is 0 Å². The van der Waals surface area contributed by atoms with Gasteiger partial charge in [-0.1, -0.05) is 61.9 Å². The van der Waals surface area contributed by atoms with Crippen LogP contribution in [0.25, 0.3) is 16.9 Å². The Morgan fingerprint density at radius 1 is 1.10 bits per heavy atom. The van der Waals surface area contributed by atoms with Crippen LogP contribution in [0.3, 0.4) is 0 Å². The van der Waals surface area contributed by atoms with E-state index in [1.807, 2.05) is 65.2 Å². The second-order valence-corrected chi connectivity index (χ2v) is 7.58. The van der Waals surface area contributed by atoms with Crippen LogP contribution in [0.5, 0.6) is 0 Å². The summed E-state index contributed by atoms with van der Waals surface area (Å²) >= 11 is 0. The Kier molecular flexibility index (Phi) is 7.19. The van der Waals surface area contributed by atoms with E-state index in [9.17, 15) is 4.79 Å². The van der Waals surface area contributed by atoms with E-state index >= 15 is 0 Å². The van der Waals surface area contributed by atoms with Gasteiger partial charge in [0.2, 0.25) is 5.91 Å². The molecule has 1 atom stereocenters. The maximum atomic E-state index is 12.3. The fraction of sp³-hybridized carbons (Fsp3) is 0.333. The number of likely N-dealkylation sites (N-methyl/N-ethyl adjacent to an activating group) is 1. The molecule has 0 bridgehead atoms. The topological polar surface area (TPSA) is 50.2 Å². The average Bonchev–Trinajstić information content (AvgIpc) is 3.13. The molecule has 0 fully saturated rings. The molecule has 1 N–H and O–H groups in total. The molecule has 1 aromatic heterocycles. The summed E-state index contributed by atoms with van der Waals surface area (Å²) in [6, 6.07) is 20.5. The first kappa shape index (κ1) is 20.8. The molecule has 1 amide bonds. The quantitative estimate of drug-likeness (QED) is 0.593. The fourth-order valence-electron chi connectivity index (χ4n) is 3.49. The number of nitrogens with zero attached hydrogens (tertiary/aromatic N) is 3. The standard InChI is InChI=1S/C24H30N4O/c1-4-11-19(2)25-23(29)18-27(3)16-21-17-28(22-14-9-6-10-15-22)26-24(21)20-12-7-5-8-13-20/h5-10,12-15,17,19H,4,11,16,18H2,1-3H3,(H,25,29)/t19-/m0/s1. The second kappa shape index (κ2) is 10.0. The Bertz CT molecular complexity index is 905. The van der Waals surface area contributed by atoms with Gasteiger partial charge in [0.15, 0.2) is 0 Å². The molecular weight excluding hydrogens is 360 g/mol. The molecule has 1 heterocycles. The van der Waals surface area contributed by atoms with Gasteiger partial charge in [-0.15, -0.1) is 0 Å². The molecule has 0 unspecified atom stereocenters. The van der Waals surface area contributed by atoms with E-state index < -0.39 is 0 Å². The van der Waals surface area contributed by atoms with E-state index in [0.29, 0.717) is 13.1 Å². The highest BCUT2D eigenvalue weighted by Gasteiger charge is 2.16. The van der Waals surface area contributed by atoms with Gasteiger partial charge in [-0.3, -0.25) is 9.69 Å². The Morgan fingerprint density at radius 2 is 1.76 bits per heavy atom. The maximum absolute atomic E-state index is 12.3. The summed E-state index contributed by atoms with van der Waals surface area (Å²) < 4.78 is 1.91. The number of hydrogen-bond acceptors (Lipinski definition) is 3. The minimum atomic E-state index is 0.0603. The summed E-state index contributed by atoms with van der Waals surface area (Å²) in [5, 5.41) is 7.92. The molecular formula is C24H30N4O. The first-order chi connectivity index (χ1) is 14.1. The molecule has 152 valence electrons. The number of amides is 1. The minimum absolute atomic E-state index is 0.0603. The number of benzene rings is 2. The van der Waals surface area contributed by atoms with E-state index in [-0.39, 0.29) is 11.9 Å². The highest BCUT2D eigenvalue weighted by Crippen LogP contribution is 2.24. The van der Waals surface area contributed by atoms with Crippen LogP contribution < -0.4 is 5.32 Å². The van der Waals surface area contributed by atoms with Crippen LogP contribution in [0.1, 0.15) is 32.3 Å². The normalized spacial score (nSPS) is 12.1. The van der Waals surface area contributed by atoms with Crippen molar-refractivity contribution in [2.24, 2.45) is 0 Å². The van der Waals surface area contributed by atoms with Crippen molar-refractivity contribution in [1.29, 1.82) is 0 Å². The molecule has 5 nitrogen and oxygen atoms in total. The van der Waals surface area contributed by atoms with Crippen molar-refractivity contribution in [1.82, 2.24) is 20.0 Å². The monoisotopic (exact) mass is 390 g/mol. The Morgan fingerprint density at radius 3 is 2.41 bits per heavy atom. The van der Waals surface area contributed by atoms with E-state index in [1.54, 1.807) is 0 Å². The number of carbonyl (C=O) groups excluding carboxylic acids is 1. The molecule has 29 heavy (non-hydrogen) atoms. The van der Waals surface area contributed by atoms with Crippen molar-refractivity contribution in [2.75, 3.05) is 13.6 Å². The third-order valence-electron chi connectivity index (χ3n) is 4.84. The molecule has 0 radical (unpaired) electrons. The third-order valence-corrected chi connectivity index (χ3v) is 4.84. The molecule has 0 saturated carbocycles. The minimum Gasteiger partial charge on any atom is -0.353 e. The Balaban J connectivity index is 1.78. The summed E-state index contributed by atoms with van der Waals surface area (Å²) in [4.78, 5) is 14.4. The van der Waals surface area contributed by atoms with E-state index in [4.69, 9.17) is 5.10 Å². The maximum Gasteiger partial charge on any atom is 0.234 e. The lowest BCUT2D eigenvalue weighted by molar-refractivity contribution is -0.122. The van der Waals surface area contributed by atoms with Gasteiger partial charge in [-0.25, -0.2) is 4.68 Å². The van der Waals surface area contributed by atoms with Crippen LogP contribution in [0.15, 0.2) is 66.9 Å². The van der Waals surface area contributed by atoms with Crippen molar-refractivity contribution >= 4 is 5.91 Å². The van der Waals surface area contributed by atoms with E-state index in [1.165, 1.54) is 0 Å². The number of hydrogen-bond donors (Lipinski definition) is 1. The van der Waals surface area contributed by atoms with Crippen molar-refractivity contribution in [3.63, 3.8) is 0 Å². The molecule has 3 rings (SSSR count). The van der Waals surface area contributed by atoms with Gasteiger partial charge in [-0.2, -0.15) is 5.10 Å². The number of aromatic nitrogens is 2. The zero-order chi connectivity index (χ0) is 20.6. The van der Waals surface area contributed by atoms with Crippen LogP contribution in [0.4, 0.5) is 0 Å². The molecule has 3 aromatic rings. The van der Waals surface area contributed by atoms with Gasteiger partial charge in [-0.05, 0) is 32.5 Å². The number of carbonyl (C=O) groups is 1. The predicted octanol–water partition coefficient (Wildman–Crippen LogP) is 4.28. The van der Waals surface area contributed by atoms with Gasteiger partial charge in [0, 0.05) is 29.9 Å². The van der Waals surface area contributed by atoms with Gasteiger partial charge in [0.1, 0.15) is 0 Å². The third kappa shape index (κ3) is 5.78. The molecule has 0 spiro atoms. The van der Waals surface area contributed by atoms with Crippen LogP contribution in [-0.4, -0.2) is 40.2 Å². The van der Waals surface area contributed by atoms with Crippen molar-refractivity contribution in [3.8, 4) is 16.9 Å². The number of rotatable bonds is 9. The van der Waals surface area contributed by atoms with Gasteiger partial charge in [0.25, 0.3) is 0 Å². The SMILES string of the molecule is CCC[C@H](C)NC(=O)CN(C)Cc1cn(-c2ccccc2)nc1-c1ccccc1. The Hall–Kier alpha value is -2.92. The van der Waals surface area contributed by atoms with E-state index in [2.05, 4.69) is 37.5 Å². The van der Waals surface area contributed by atoms with Crippen molar-refractivity contribution in [2.45, 2.75) is 39.3 Å². The molecule has 5 heteroatoms. The van der Waals surface area contributed by atoms with Crippen molar-refractivity contribution in [3.05, 3.63) is 72.4 Å². The van der Waals surface area contributed by atoms with E-state index in [0.717, 1.165) is 35.3 Å². The summed E-state index contributed by atoms with van der Waals surface area (Å²) in [6.45, 7) is 5.19. The molecule has 0 aliphatic carbocycles. The highest BCUT2D eigenvalue weighted by atomic mass is 16.2.